The van der Waals surface area contributed by atoms with Gasteiger partial charge in [0.15, 0.2) is 0 Å². The van der Waals surface area contributed by atoms with Gasteiger partial charge in [0, 0.05) is 11.4 Å². The molecule has 2 aliphatic rings. The van der Waals surface area contributed by atoms with E-state index in [2.05, 4.69) is 6.07 Å². The van der Waals surface area contributed by atoms with Crippen LogP contribution in [0.4, 0.5) is 0 Å². The predicted molar refractivity (Wildman–Crippen MR) is 75.7 cm³/mol. The number of hydrogen-bond acceptors (Lipinski definition) is 1. The Morgan fingerprint density at radius 3 is 2.79 bits per heavy atom. The molecule has 1 saturated carbocycles. The summed E-state index contributed by atoms with van der Waals surface area (Å²) in [4.78, 5) is 11.2. The lowest BCUT2D eigenvalue weighted by Crippen LogP contribution is -2.38. The van der Waals surface area contributed by atoms with E-state index in [9.17, 15) is 9.90 Å². The number of carbonyl (C=O) groups is 1. The predicted octanol–water partition coefficient (Wildman–Crippen LogP) is 4.19. The molecule has 0 aliphatic heterocycles. The van der Waals surface area contributed by atoms with Crippen LogP contribution in [0.2, 0.25) is 5.02 Å². The van der Waals surface area contributed by atoms with Crippen LogP contribution >= 0.6 is 11.6 Å². The Kier molecular flexibility index (Phi) is 3.30. The van der Waals surface area contributed by atoms with Crippen LogP contribution in [0.1, 0.15) is 49.7 Å². The van der Waals surface area contributed by atoms with E-state index in [1.807, 2.05) is 12.1 Å². The van der Waals surface area contributed by atoms with Crippen molar-refractivity contribution in [3.63, 3.8) is 0 Å². The van der Waals surface area contributed by atoms with Crippen LogP contribution in [0, 0.1) is 5.92 Å². The second-order valence-corrected chi connectivity index (χ2v) is 6.37. The van der Waals surface area contributed by atoms with E-state index >= 15 is 0 Å². The second-order valence-electron chi connectivity index (χ2n) is 5.96. The van der Waals surface area contributed by atoms with Crippen molar-refractivity contribution in [3.05, 3.63) is 34.3 Å². The van der Waals surface area contributed by atoms with Crippen molar-refractivity contribution in [1.29, 1.82) is 0 Å². The first kappa shape index (κ1) is 13.0. The lowest BCUT2D eigenvalue weighted by molar-refractivity contribution is -0.138. The van der Waals surface area contributed by atoms with Gasteiger partial charge in [-0.25, -0.2) is 0 Å². The summed E-state index contributed by atoms with van der Waals surface area (Å²) in [6, 6.07) is 6.16. The van der Waals surface area contributed by atoms with E-state index in [0.717, 1.165) is 30.7 Å². The third kappa shape index (κ3) is 2.06. The summed E-state index contributed by atoms with van der Waals surface area (Å²) in [5.41, 5.74) is 2.69. The topological polar surface area (TPSA) is 37.3 Å². The van der Waals surface area contributed by atoms with Crippen LogP contribution in [0.15, 0.2) is 18.2 Å². The first-order valence-electron chi connectivity index (χ1n) is 7.13. The molecule has 0 amide bonds. The molecule has 1 fully saturated rings. The summed E-state index contributed by atoms with van der Waals surface area (Å²) >= 11 is 6.34. The Morgan fingerprint density at radius 2 is 2.11 bits per heavy atom. The number of fused-ring (bicyclic) bond motifs is 2. The Bertz CT molecular complexity index is 503. The summed E-state index contributed by atoms with van der Waals surface area (Å²) in [5, 5.41) is 10.0. The van der Waals surface area contributed by atoms with Crippen molar-refractivity contribution in [1.82, 2.24) is 0 Å². The zero-order valence-corrected chi connectivity index (χ0v) is 11.7. The molecule has 3 heteroatoms. The monoisotopic (exact) mass is 278 g/mol. The zero-order valence-electron chi connectivity index (χ0n) is 11.0. The molecule has 19 heavy (non-hydrogen) atoms. The van der Waals surface area contributed by atoms with Crippen molar-refractivity contribution in [2.24, 2.45) is 5.92 Å². The fraction of sp³-hybridized carbons (Fsp3) is 0.562. The molecule has 102 valence electrons. The van der Waals surface area contributed by atoms with Gasteiger partial charge in [0.05, 0.1) is 0 Å². The Labute approximate surface area is 118 Å². The van der Waals surface area contributed by atoms with Gasteiger partial charge in [-0.2, -0.15) is 0 Å². The maximum atomic E-state index is 11.2. The van der Waals surface area contributed by atoms with Gasteiger partial charge in [-0.3, -0.25) is 4.79 Å². The first-order chi connectivity index (χ1) is 9.13. The molecule has 1 aromatic carbocycles. The molecule has 0 aromatic heterocycles. The van der Waals surface area contributed by atoms with Crippen molar-refractivity contribution < 1.29 is 9.90 Å². The first-order valence-corrected chi connectivity index (χ1v) is 7.51. The highest BCUT2D eigenvalue weighted by atomic mass is 35.5. The number of halogens is 1. The van der Waals surface area contributed by atoms with E-state index in [-0.39, 0.29) is 11.3 Å². The van der Waals surface area contributed by atoms with E-state index < -0.39 is 5.97 Å². The fourth-order valence-corrected chi connectivity index (χ4v) is 4.55. The van der Waals surface area contributed by atoms with Gasteiger partial charge in [0.2, 0.25) is 0 Å². The van der Waals surface area contributed by atoms with Crippen molar-refractivity contribution in [2.75, 3.05) is 0 Å². The van der Waals surface area contributed by atoms with E-state index in [1.54, 1.807) is 0 Å². The van der Waals surface area contributed by atoms with Gasteiger partial charge < -0.3 is 5.11 Å². The van der Waals surface area contributed by atoms with Crippen LogP contribution < -0.4 is 0 Å². The van der Waals surface area contributed by atoms with Gasteiger partial charge in [0.25, 0.3) is 0 Å². The fourth-order valence-electron chi connectivity index (χ4n) is 4.29. The zero-order chi connectivity index (χ0) is 13.5. The molecule has 0 saturated heterocycles. The molecule has 1 spiro atoms. The summed E-state index contributed by atoms with van der Waals surface area (Å²) in [6.45, 7) is 0. The highest BCUT2D eigenvalue weighted by Crippen LogP contribution is 2.54. The minimum Gasteiger partial charge on any atom is -0.481 e. The Morgan fingerprint density at radius 1 is 1.37 bits per heavy atom. The van der Waals surface area contributed by atoms with Crippen molar-refractivity contribution in [3.8, 4) is 0 Å². The molecular weight excluding hydrogens is 260 g/mol. The SMILES string of the molecule is O=C(O)CC1CCc2c(Cl)cccc2C12CCCC2. The molecule has 0 heterocycles. The van der Waals surface area contributed by atoms with Crippen molar-refractivity contribution >= 4 is 17.6 Å². The molecular formula is C16H19ClO2. The molecule has 2 aliphatic carbocycles. The van der Waals surface area contributed by atoms with Crippen molar-refractivity contribution in [2.45, 2.75) is 50.4 Å². The van der Waals surface area contributed by atoms with Crippen LogP contribution in [0.5, 0.6) is 0 Å². The molecule has 1 atom stereocenters. The highest BCUT2D eigenvalue weighted by molar-refractivity contribution is 6.31. The molecule has 2 nitrogen and oxygen atoms in total. The number of rotatable bonds is 2. The smallest absolute Gasteiger partial charge is 0.303 e. The third-order valence-corrected chi connectivity index (χ3v) is 5.45. The number of benzene rings is 1. The Balaban J connectivity index is 2.07. The maximum Gasteiger partial charge on any atom is 0.303 e. The second kappa shape index (κ2) is 4.82. The van der Waals surface area contributed by atoms with Gasteiger partial charge in [-0.1, -0.05) is 36.6 Å². The number of hydrogen-bond donors (Lipinski definition) is 1. The van der Waals surface area contributed by atoms with Crippen LogP contribution in [0.3, 0.4) is 0 Å². The molecule has 0 bridgehead atoms. The standard InChI is InChI=1S/C16H19ClO2/c17-14-5-3-4-13-12(14)7-6-11(10-15(18)19)16(13)8-1-2-9-16/h3-5,11H,1-2,6-10H2,(H,18,19). The number of aliphatic carboxylic acids is 1. The minimum atomic E-state index is -0.665. The number of carboxylic acids is 1. The third-order valence-electron chi connectivity index (χ3n) is 5.10. The van der Waals surface area contributed by atoms with E-state index in [0.29, 0.717) is 6.42 Å². The van der Waals surface area contributed by atoms with Crippen LogP contribution in [0.25, 0.3) is 0 Å². The van der Waals surface area contributed by atoms with Gasteiger partial charge in [0.1, 0.15) is 0 Å². The van der Waals surface area contributed by atoms with Gasteiger partial charge in [-0.15, -0.1) is 0 Å². The van der Waals surface area contributed by atoms with Gasteiger partial charge in [-0.05, 0) is 54.2 Å². The van der Waals surface area contributed by atoms with Crippen LogP contribution in [-0.2, 0) is 16.6 Å². The summed E-state index contributed by atoms with van der Waals surface area (Å²) < 4.78 is 0. The largest absolute Gasteiger partial charge is 0.481 e. The van der Waals surface area contributed by atoms with Crippen LogP contribution in [-0.4, -0.2) is 11.1 Å². The molecule has 0 radical (unpaired) electrons. The number of carboxylic acid groups (broad SMARTS) is 1. The summed E-state index contributed by atoms with van der Waals surface area (Å²) in [7, 11) is 0. The van der Waals surface area contributed by atoms with E-state index in [1.165, 1.54) is 24.0 Å². The lowest BCUT2D eigenvalue weighted by Gasteiger charge is -2.43. The molecule has 1 unspecified atom stereocenters. The summed E-state index contributed by atoms with van der Waals surface area (Å²) in [6.07, 6.45) is 6.85. The normalized spacial score (nSPS) is 24.4. The lowest BCUT2D eigenvalue weighted by atomic mass is 9.61. The molecule has 1 aromatic rings. The minimum absolute atomic E-state index is 0.0802. The highest BCUT2D eigenvalue weighted by Gasteiger charge is 2.46. The quantitative estimate of drug-likeness (QED) is 0.881. The molecule has 1 N–H and O–H groups in total. The Hall–Kier alpha value is -1.02. The molecule has 3 rings (SSSR count). The average Bonchev–Trinajstić information content (AvgIpc) is 2.84. The maximum absolute atomic E-state index is 11.2. The summed E-state index contributed by atoms with van der Waals surface area (Å²) in [5.74, 6) is -0.389. The van der Waals surface area contributed by atoms with Gasteiger partial charge >= 0.3 is 5.97 Å². The average molecular weight is 279 g/mol. The van der Waals surface area contributed by atoms with E-state index in [4.69, 9.17) is 11.6 Å².